The molecule has 0 atom stereocenters. The first kappa shape index (κ1) is 29.9. The van der Waals surface area contributed by atoms with Gasteiger partial charge in [-0.3, -0.25) is 9.80 Å². The Kier molecular flexibility index (Phi) is 23.5. The molecule has 0 aromatic rings. The molecular weight excluding hydrogens is 371 g/mol. The first-order chi connectivity index (χ1) is 9.04. The number of carbonyl (C=O) groups excluding carboxylic acids is 4. The van der Waals surface area contributed by atoms with Gasteiger partial charge in [0.15, 0.2) is 0 Å². The molecule has 1 radical (unpaired) electrons. The summed E-state index contributed by atoms with van der Waals surface area (Å²) in [5, 5.41) is 39.3. The molecule has 22 heavy (non-hydrogen) atoms. The zero-order chi connectivity index (χ0) is 16.3. The van der Waals surface area contributed by atoms with Crippen LogP contribution in [0.3, 0.4) is 0 Å². The van der Waals surface area contributed by atoms with Gasteiger partial charge in [-0.1, -0.05) is 0 Å². The first-order valence-electron chi connectivity index (χ1n) is 5.21. The second kappa shape index (κ2) is 17.3. The Morgan fingerprint density at radius 1 is 0.636 bits per heavy atom. The third-order valence-electron chi connectivity index (χ3n) is 1.60. The summed E-state index contributed by atoms with van der Waals surface area (Å²) in [5.41, 5.74) is 0. The van der Waals surface area contributed by atoms with Crippen molar-refractivity contribution >= 4 is 23.9 Å². The van der Waals surface area contributed by atoms with Crippen molar-refractivity contribution in [3.05, 3.63) is 0 Å². The van der Waals surface area contributed by atoms with Gasteiger partial charge in [-0.05, 0) is 14.1 Å². The third-order valence-corrected chi connectivity index (χ3v) is 1.60. The van der Waals surface area contributed by atoms with E-state index >= 15 is 0 Å². The summed E-state index contributed by atoms with van der Waals surface area (Å²) in [5.74, 6) is -5.21. The topological polar surface area (TPSA) is 167 Å². The number of nitrogens with zero attached hydrogens (tertiary/aromatic N) is 2. The minimum absolute atomic E-state index is 0. The number of hydrogen-bond donors (Lipinski definition) is 0. The summed E-state index contributed by atoms with van der Waals surface area (Å²) < 4.78 is 0. The Balaban J connectivity index is -0.000000135. The van der Waals surface area contributed by atoms with Gasteiger partial charge in [0, 0.05) is 26.2 Å². The number of carboxylic acid groups (broad SMARTS) is 4. The molecule has 0 amide bonds. The van der Waals surface area contributed by atoms with Crippen molar-refractivity contribution in [1.29, 1.82) is 0 Å². The van der Waals surface area contributed by atoms with E-state index in [0.717, 1.165) is 9.80 Å². The van der Waals surface area contributed by atoms with Crippen LogP contribution in [0.15, 0.2) is 0 Å². The van der Waals surface area contributed by atoms with Crippen molar-refractivity contribution in [1.82, 2.24) is 9.80 Å². The van der Waals surface area contributed by atoms with Gasteiger partial charge in [0.2, 0.25) is 0 Å². The van der Waals surface area contributed by atoms with Gasteiger partial charge < -0.3 is 39.6 Å². The predicted molar refractivity (Wildman–Crippen MR) is 55.0 cm³/mol. The van der Waals surface area contributed by atoms with Gasteiger partial charge in [0.1, 0.15) is 0 Å². The zero-order valence-electron chi connectivity index (χ0n) is 12.3. The molecule has 12 heteroatoms. The van der Waals surface area contributed by atoms with E-state index in [-0.39, 0.29) is 68.5 Å². The second-order valence-electron chi connectivity index (χ2n) is 3.83. The molecule has 0 aliphatic heterocycles. The van der Waals surface area contributed by atoms with E-state index in [1.54, 1.807) is 0 Å². The zero-order valence-corrected chi connectivity index (χ0v) is 16.6. The van der Waals surface area contributed by atoms with Crippen molar-refractivity contribution in [2.75, 3.05) is 40.3 Å². The minimum atomic E-state index is -1.30. The second-order valence-corrected chi connectivity index (χ2v) is 3.83. The molecule has 121 valence electrons. The molecule has 0 aromatic carbocycles. The van der Waals surface area contributed by atoms with Gasteiger partial charge in [-0.15, -0.1) is 0 Å². The molecule has 0 aliphatic rings. The van der Waals surface area contributed by atoms with E-state index in [1.165, 1.54) is 14.1 Å². The molecule has 10 nitrogen and oxygen atoms in total. The molecule has 0 rings (SSSR count). The number of hydrogen-bond acceptors (Lipinski definition) is 10. The van der Waals surface area contributed by atoms with Crippen LogP contribution in [0.25, 0.3) is 0 Å². The standard InChI is InChI=1S/2C5H9NO4.Fe.K/c2*1-6(2-4(7)8)3-5(9)10;;/h2*2-3H2,1H3,(H,7,8)(H,9,10);;/q;;+3;+1/p-4. The number of carbonyl (C=O) groups is 4. The Hall–Kier alpha value is -0.0442. The molecule has 0 fully saturated rings. The average molecular weight is 385 g/mol. The van der Waals surface area contributed by atoms with Crippen LogP contribution in [-0.4, -0.2) is 74.0 Å². The fourth-order valence-corrected chi connectivity index (χ4v) is 0.993. The van der Waals surface area contributed by atoms with Crippen LogP contribution in [-0.2, 0) is 36.2 Å². The van der Waals surface area contributed by atoms with Crippen LogP contribution in [0.2, 0.25) is 0 Å². The number of aliphatic carboxylic acids is 4. The molecule has 0 aliphatic carbocycles. The minimum Gasteiger partial charge on any atom is -0.549 e. The first-order valence-corrected chi connectivity index (χ1v) is 5.21. The van der Waals surface area contributed by atoms with Crippen molar-refractivity contribution in [2.24, 2.45) is 0 Å². The van der Waals surface area contributed by atoms with E-state index in [1.807, 2.05) is 0 Å². The van der Waals surface area contributed by atoms with Crippen LogP contribution in [0.5, 0.6) is 0 Å². The van der Waals surface area contributed by atoms with Gasteiger partial charge >= 0.3 is 68.5 Å². The molecule has 0 heterocycles. The monoisotopic (exact) mass is 385 g/mol. The fourth-order valence-electron chi connectivity index (χ4n) is 0.993. The number of carboxylic acids is 4. The maximum Gasteiger partial charge on any atom is 3.00 e. The summed E-state index contributed by atoms with van der Waals surface area (Å²) >= 11 is 0. The maximum absolute atomic E-state index is 9.83. The fraction of sp³-hybridized carbons (Fsp3) is 0.600. The third kappa shape index (κ3) is 28.2. The quantitative estimate of drug-likeness (QED) is 0.366. The molecule has 0 saturated heterocycles. The van der Waals surface area contributed by atoms with E-state index < -0.39 is 50.1 Å². The Morgan fingerprint density at radius 3 is 0.864 bits per heavy atom. The van der Waals surface area contributed by atoms with Crippen molar-refractivity contribution in [3.63, 3.8) is 0 Å². The molecule has 0 bridgehead atoms. The van der Waals surface area contributed by atoms with E-state index in [4.69, 9.17) is 0 Å². The molecule has 0 unspecified atom stereocenters. The summed E-state index contributed by atoms with van der Waals surface area (Å²) in [7, 11) is 2.71. The van der Waals surface area contributed by atoms with Gasteiger partial charge in [0.05, 0.1) is 23.9 Å². The number of likely N-dealkylation sites (N-methyl/N-ethyl adjacent to an activating group) is 2. The Labute approximate surface area is 180 Å². The van der Waals surface area contributed by atoms with Crippen LogP contribution in [0.1, 0.15) is 0 Å². The average Bonchev–Trinajstić information content (AvgIpc) is 2.11. The number of rotatable bonds is 8. The van der Waals surface area contributed by atoms with Gasteiger partial charge in [-0.25, -0.2) is 0 Å². The Bertz CT molecular complexity index is 303. The van der Waals surface area contributed by atoms with Crippen LogP contribution >= 0.6 is 0 Å². The summed E-state index contributed by atoms with van der Waals surface area (Å²) in [6, 6.07) is 0. The van der Waals surface area contributed by atoms with Crippen LogP contribution < -0.4 is 71.8 Å². The van der Waals surface area contributed by atoms with Crippen LogP contribution in [0, 0.1) is 0 Å². The van der Waals surface area contributed by atoms with Crippen molar-refractivity contribution in [2.45, 2.75) is 0 Å². The molecule has 0 aromatic heterocycles. The molecular formula is C10H14FeKN2O8. The molecule has 0 spiro atoms. The van der Waals surface area contributed by atoms with Crippen LogP contribution in [0.4, 0.5) is 0 Å². The normalized spacial score (nSPS) is 8.91. The van der Waals surface area contributed by atoms with Gasteiger partial charge in [0.25, 0.3) is 0 Å². The van der Waals surface area contributed by atoms with Crippen molar-refractivity contribution in [3.8, 4) is 0 Å². The summed E-state index contributed by atoms with van der Waals surface area (Å²) in [4.78, 5) is 41.4. The Morgan fingerprint density at radius 2 is 0.773 bits per heavy atom. The van der Waals surface area contributed by atoms with E-state index in [2.05, 4.69) is 0 Å². The molecule has 0 N–H and O–H groups in total. The smallest absolute Gasteiger partial charge is 0.549 e. The largest absolute Gasteiger partial charge is 3.00 e. The van der Waals surface area contributed by atoms with Gasteiger partial charge in [-0.2, -0.15) is 0 Å². The van der Waals surface area contributed by atoms with Crippen molar-refractivity contribution < 1.29 is 108 Å². The maximum atomic E-state index is 9.83. The summed E-state index contributed by atoms with van der Waals surface area (Å²) in [6.45, 7) is -1.58. The van der Waals surface area contributed by atoms with E-state index in [0.29, 0.717) is 0 Å². The summed E-state index contributed by atoms with van der Waals surface area (Å²) in [6.07, 6.45) is 0. The molecule has 0 saturated carbocycles. The SMILES string of the molecule is CN(CC(=O)[O-])CC(=O)[O-].CN(CC(=O)[O-])CC(=O)[O-].[Fe+3].[K+]. The predicted octanol–water partition coefficient (Wildman–Crippen LogP) is -10.2. The van der Waals surface area contributed by atoms with E-state index in [9.17, 15) is 39.6 Å².